The van der Waals surface area contributed by atoms with Gasteiger partial charge in [-0.2, -0.15) is 0 Å². The molecule has 7 nitrogen and oxygen atoms in total. The fourth-order valence-electron chi connectivity index (χ4n) is 3.82. The monoisotopic (exact) mass is 433 g/mol. The highest BCUT2D eigenvalue weighted by Gasteiger charge is 2.20. The summed E-state index contributed by atoms with van der Waals surface area (Å²) in [4.78, 5) is 21.0. The SMILES string of the molecule is Cc1cc(NC(=O)[C@H](O)C2=C/C(F)=C\CCC=C2)ccc1-c1cn(C)c2ncnc(N)c12. The topological polar surface area (TPSA) is 106 Å². The number of aryl methyl sites for hydroxylation is 2. The van der Waals surface area contributed by atoms with Crippen molar-refractivity contribution in [3.63, 3.8) is 0 Å². The molecule has 164 valence electrons. The minimum atomic E-state index is -1.49. The van der Waals surface area contributed by atoms with E-state index in [0.29, 0.717) is 24.3 Å². The van der Waals surface area contributed by atoms with Crippen LogP contribution in [0, 0.1) is 6.92 Å². The van der Waals surface area contributed by atoms with E-state index in [1.54, 1.807) is 12.1 Å². The van der Waals surface area contributed by atoms with E-state index >= 15 is 0 Å². The van der Waals surface area contributed by atoms with Gasteiger partial charge in [-0.15, -0.1) is 0 Å². The molecule has 4 N–H and O–H groups in total. The predicted octanol–water partition coefficient (Wildman–Crippen LogP) is 3.96. The Morgan fingerprint density at radius 2 is 2.09 bits per heavy atom. The Balaban J connectivity index is 1.59. The number of rotatable bonds is 4. The number of hydrogen-bond donors (Lipinski definition) is 3. The predicted molar refractivity (Wildman–Crippen MR) is 123 cm³/mol. The Morgan fingerprint density at radius 3 is 2.88 bits per heavy atom. The second kappa shape index (κ2) is 8.76. The van der Waals surface area contributed by atoms with Crippen LogP contribution in [0.4, 0.5) is 15.9 Å². The van der Waals surface area contributed by atoms with Crippen molar-refractivity contribution in [3.8, 4) is 11.1 Å². The summed E-state index contributed by atoms with van der Waals surface area (Å²) in [6.07, 6.45) is 9.11. The van der Waals surface area contributed by atoms with Gasteiger partial charge >= 0.3 is 0 Å². The van der Waals surface area contributed by atoms with Gasteiger partial charge in [0.25, 0.3) is 5.91 Å². The van der Waals surface area contributed by atoms with Gasteiger partial charge in [0.2, 0.25) is 0 Å². The van der Waals surface area contributed by atoms with Crippen molar-refractivity contribution in [2.45, 2.75) is 25.9 Å². The summed E-state index contributed by atoms with van der Waals surface area (Å²) in [6.45, 7) is 1.92. The van der Waals surface area contributed by atoms with Gasteiger partial charge in [0.1, 0.15) is 23.6 Å². The van der Waals surface area contributed by atoms with Crippen molar-refractivity contribution in [1.82, 2.24) is 14.5 Å². The molecule has 2 aromatic heterocycles. The molecule has 1 atom stereocenters. The minimum absolute atomic E-state index is 0.204. The number of carbonyl (C=O) groups excluding carboxylic acids is 1. The van der Waals surface area contributed by atoms with Crippen molar-refractivity contribution < 1.29 is 14.3 Å². The van der Waals surface area contributed by atoms with Crippen molar-refractivity contribution >= 4 is 28.4 Å². The number of benzene rings is 1. The molecule has 0 aliphatic heterocycles. The third-order valence-corrected chi connectivity index (χ3v) is 5.42. The molecule has 3 aromatic rings. The Hall–Kier alpha value is -3.78. The number of anilines is 2. The van der Waals surface area contributed by atoms with E-state index in [1.807, 2.05) is 42.9 Å². The molecule has 1 aliphatic rings. The van der Waals surface area contributed by atoms with Crippen molar-refractivity contribution in [2.75, 3.05) is 11.1 Å². The molecule has 0 radical (unpaired) electrons. The standard InChI is InChI=1S/C24H24FN5O2/c1-14-10-17(29-24(32)21(31)15-6-4-3-5-7-16(25)11-15)8-9-18(14)19-12-30(2)23-20(19)22(26)27-13-28-23/h4,6-13,21,31H,3,5H2,1-2H3,(H,29,32)(H2,26,27,28)/b6-4?,15-11?,16-7+/t21-/m1/s1. The number of allylic oxidation sites excluding steroid dienone is 4. The minimum Gasteiger partial charge on any atom is -0.383 e. The normalized spacial score (nSPS) is 16.6. The van der Waals surface area contributed by atoms with Crippen LogP contribution in [-0.4, -0.2) is 31.7 Å². The van der Waals surface area contributed by atoms with E-state index in [9.17, 15) is 14.3 Å². The zero-order valence-electron chi connectivity index (χ0n) is 17.8. The van der Waals surface area contributed by atoms with E-state index in [-0.39, 0.29) is 5.57 Å². The lowest BCUT2D eigenvalue weighted by atomic mass is 10.00. The van der Waals surface area contributed by atoms with Crippen molar-refractivity contribution in [2.24, 2.45) is 7.05 Å². The summed E-state index contributed by atoms with van der Waals surface area (Å²) in [5, 5.41) is 13.9. The van der Waals surface area contributed by atoms with Crippen LogP contribution in [0.5, 0.6) is 0 Å². The maximum Gasteiger partial charge on any atom is 0.257 e. The molecule has 2 heterocycles. The Bertz CT molecular complexity index is 1290. The van der Waals surface area contributed by atoms with Crippen LogP contribution in [0.25, 0.3) is 22.2 Å². The molecule has 0 spiro atoms. The fourth-order valence-corrected chi connectivity index (χ4v) is 3.82. The summed E-state index contributed by atoms with van der Waals surface area (Å²) in [6, 6.07) is 5.42. The number of nitrogens with one attached hydrogen (secondary N) is 1. The van der Waals surface area contributed by atoms with Crippen LogP contribution in [0.2, 0.25) is 0 Å². The van der Waals surface area contributed by atoms with E-state index in [1.165, 1.54) is 18.5 Å². The van der Waals surface area contributed by atoms with E-state index in [4.69, 9.17) is 5.73 Å². The number of nitrogens with two attached hydrogens (primary N) is 1. The van der Waals surface area contributed by atoms with Gasteiger partial charge < -0.3 is 20.7 Å². The van der Waals surface area contributed by atoms with E-state index in [2.05, 4.69) is 15.3 Å². The summed E-state index contributed by atoms with van der Waals surface area (Å²) >= 11 is 0. The third-order valence-electron chi connectivity index (χ3n) is 5.42. The molecule has 1 amide bonds. The smallest absolute Gasteiger partial charge is 0.257 e. The highest BCUT2D eigenvalue weighted by Crippen LogP contribution is 2.34. The maximum atomic E-state index is 13.8. The molecule has 0 saturated heterocycles. The molecule has 8 heteroatoms. The van der Waals surface area contributed by atoms with Crippen LogP contribution >= 0.6 is 0 Å². The number of nitrogens with zero attached hydrogens (tertiary/aromatic N) is 3. The van der Waals surface area contributed by atoms with Gasteiger partial charge in [-0.3, -0.25) is 4.79 Å². The number of amides is 1. The molecule has 0 saturated carbocycles. The zero-order chi connectivity index (χ0) is 22.8. The average molecular weight is 433 g/mol. The summed E-state index contributed by atoms with van der Waals surface area (Å²) < 4.78 is 15.7. The van der Waals surface area contributed by atoms with E-state index in [0.717, 1.165) is 27.7 Å². The summed E-state index contributed by atoms with van der Waals surface area (Å²) in [5.41, 5.74) is 10.3. The van der Waals surface area contributed by atoms with Gasteiger partial charge in [0, 0.05) is 24.5 Å². The molecule has 32 heavy (non-hydrogen) atoms. The number of aromatic nitrogens is 3. The summed E-state index contributed by atoms with van der Waals surface area (Å²) in [5.74, 6) is -0.703. The largest absolute Gasteiger partial charge is 0.383 e. The first kappa shape index (κ1) is 21.5. The molecule has 0 fully saturated rings. The zero-order valence-corrected chi connectivity index (χ0v) is 17.8. The van der Waals surface area contributed by atoms with E-state index < -0.39 is 17.8 Å². The number of carbonyl (C=O) groups is 1. The Kier molecular flexibility index (Phi) is 5.87. The van der Waals surface area contributed by atoms with Gasteiger partial charge in [-0.25, -0.2) is 14.4 Å². The molecule has 4 rings (SSSR count). The number of nitrogen functional groups attached to an aromatic ring is 1. The molecule has 0 unspecified atom stereocenters. The van der Waals surface area contributed by atoms with Crippen LogP contribution in [0.3, 0.4) is 0 Å². The summed E-state index contributed by atoms with van der Waals surface area (Å²) in [7, 11) is 1.89. The lowest BCUT2D eigenvalue weighted by Gasteiger charge is -2.15. The molecule has 1 aromatic carbocycles. The second-order valence-corrected chi connectivity index (χ2v) is 7.75. The third kappa shape index (κ3) is 4.17. The van der Waals surface area contributed by atoms with Crippen molar-refractivity contribution in [1.29, 1.82) is 0 Å². The molecule has 1 aliphatic carbocycles. The van der Waals surface area contributed by atoms with Crippen LogP contribution in [0.15, 0.2) is 66.4 Å². The number of halogens is 1. The lowest BCUT2D eigenvalue weighted by Crippen LogP contribution is -2.29. The fraction of sp³-hybridized carbons (Fsp3) is 0.208. The number of hydrogen-bond acceptors (Lipinski definition) is 5. The van der Waals surface area contributed by atoms with Crippen LogP contribution < -0.4 is 11.1 Å². The number of fused-ring (bicyclic) bond motifs is 1. The van der Waals surface area contributed by atoms with Crippen LogP contribution in [-0.2, 0) is 11.8 Å². The van der Waals surface area contributed by atoms with Gasteiger partial charge in [-0.05, 0) is 60.8 Å². The maximum absolute atomic E-state index is 13.8. The van der Waals surface area contributed by atoms with Gasteiger partial charge in [-0.1, -0.05) is 18.2 Å². The number of aliphatic hydroxyl groups is 1. The number of aliphatic hydroxyl groups excluding tert-OH is 1. The molecule has 0 bridgehead atoms. The average Bonchev–Trinajstić information content (AvgIpc) is 3.08. The Labute approximate surface area is 184 Å². The highest BCUT2D eigenvalue weighted by atomic mass is 19.1. The first-order chi connectivity index (χ1) is 15.3. The first-order valence-electron chi connectivity index (χ1n) is 10.2. The lowest BCUT2D eigenvalue weighted by molar-refractivity contribution is -0.122. The van der Waals surface area contributed by atoms with Crippen molar-refractivity contribution in [3.05, 3.63) is 72.0 Å². The highest BCUT2D eigenvalue weighted by molar-refractivity contribution is 6.02. The molecular weight excluding hydrogens is 409 g/mol. The Morgan fingerprint density at radius 1 is 1.28 bits per heavy atom. The molecular formula is C24H24FN5O2. The van der Waals surface area contributed by atoms with Gasteiger partial charge in [0.05, 0.1) is 5.39 Å². The van der Waals surface area contributed by atoms with Crippen LogP contribution in [0.1, 0.15) is 18.4 Å². The quantitative estimate of drug-likeness (QED) is 0.578. The first-order valence-corrected chi connectivity index (χ1v) is 10.2. The van der Waals surface area contributed by atoms with Gasteiger partial charge in [0.15, 0.2) is 6.10 Å². The second-order valence-electron chi connectivity index (χ2n) is 7.75.